The van der Waals surface area contributed by atoms with Crippen molar-refractivity contribution >= 4 is 11.9 Å². The largest absolute Gasteiger partial charge is 0.464 e. The van der Waals surface area contributed by atoms with Crippen LogP contribution in [0.1, 0.15) is 96.8 Å². The average Bonchev–Trinajstić information content (AvgIpc) is 2.68. The van der Waals surface area contributed by atoms with Crippen LogP contribution < -0.4 is 11.1 Å². The Labute approximate surface area is 167 Å². The standard InChI is InChI=1S/C22H43N3O2/c1-3-4-5-6-7-8-9-10-11-12-13-14-15-16-17-18-21(26)27-20-19-25-22(23)24-2/h10-11H,3-9,12-20H2,1-2H3,(H3,23,24,25)/b11-10-. The Morgan fingerprint density at radius 3 is 2.07 bits per heavy atom. The summed E-state index contributed by atoms with van der Waals surface area (Å²) in [6.45, 7) is 3.10. The summed E-state index contributed by atoms with van der Waals surface area (Å²) in [7, 11) is 1.61. The van der Waals surface area contributed by atoms with Gasteiger partial charge in [0.25, 0.3) is 0 Å². The van der Waals surface area contributed by atoms with Crippen molar-refractivity contribution in [1.82, 2.24) is 5.32 Å². The number of guanidine groups is 1. The highest BCUT2D eigenvalue weighted by Crippen LogP contribution is 2.10. The zero-order chi connectivity index (χ0) is 20.0. The fourth-order valence-corrected chi connectivity index (χ4v) is 2.84. The number of hydrogen-bond donors (Lipinski definition) is 2. The SMILES string of the molecule is CCCCCCCC/C=C\CCCCCCCC(=O)OCCNC(N)=NC. The molecular formula is C22H43N3O2. The Kier molecular flexibility index (Phi) is 19.6. The fraction of sp³-hybridized carbons (Fsp3) is 0.818. The number of nitrogens with two attached hydrogens (primary N) is 1. The van der Waals surface area contributed by atoms with Gasteiger partial charge in [-0.3, -0.25) is 9.79 Å². The zero-order valence-corrected chi connectivity index (χ0v) is 17.8. The Morgan fingerprint density at radius 1 is 0.926 bits per heavy atom. The van der Waals surface area contributed by atoms with Crippen LogP contribution in [-0.2, 0) is 9.53 Å². The first-order valence-electron chi connectivity index (χ1n) is 11.0. The predicted molar refractivity (Wildman–Crippen MR) is 116 cm³/mol. The van der Waals surface area contributed by atoms with E-state index in [4.69, 9.17) is 10.5 Å². The summed E-state index contributed by atoms with van der Waals surface area (Å²) in [6, 6.07) is 0. The van der Waals surface area contributed by atoms with Crippen molar-refractivity contribution in [2.75, 3.05) is 20.2 Å². The monoisotopic (exact) mass is 381 g/mol. The van der Waals surface area contributed by atoms with Gasteiger partial charge in [-0.1, -0.05) is 70.4 Å². The average molecular weight is 382 g/mol. The Balaban J connectivity index is 3.25. The van der Waals surface area contributed by atoms with Crippen molar-refractivity contribution < 1.29 is 9.53 Å². The van der Waals surface area contributed by atoms with E-state index >= 15 is 0 Å². The van der Waals surface area contributed by atoms with Gasteiger partial charge in [0, 0.05) is 13.5 Å². The summed E-state index contributed by atoms with van der Waals surface area (Å²) in [5.41, 5.74) is 5.48. The van der Waals surface area contributed by atoms with E-state index in [1.807, 2.05) is 0 Å². The van der Waals surface area contributed by atoms with E-state index in [9.17, 15) is 4.79 Å². The van der Waals surface area contributed by atoms with E-state index in [1.165, 1.54) is 70.6 Å². The molecule has 0 aliphatic heterocycles. The van der Waals surface area contributed by atoms with Crippen LogP contribution in [0.15, 0.2) is 17.1 Å². The molecule has 5 nitrogen and oxygen atoms in total. The van der Waals surface area contributed by atoms with Crippen LogP contribution in [-0.4, -0.2) is 32.1 Å². The van der Waals surface area contributed by atoms with E-state index in [-0.39, 0.29) is 5.97 Å². The van der Waals surface area contributed by atoms with E-state index in [0.717, 1.165) is 12.8 Å². The maximum atomic E-state index is 11.6. The number of unbranched alkanes of at least 4 members (excludes halogenated alkanes) is 11. The molecule has 0 rings (SSSR count). The molecule has 5 heteroatoms. The highest BCUT2D eigenvalue weighted by atomic mass is 16.5. The molecule has 0 aromatic heterocycles. The van der Waals surface area contributed by atoms with Gasteiger partial charge in [0.15, 0.2) is 5.96 Å². The number of aliphatic imine (C=N–C) groups is 1. The fourth-order valence-electron chi connectivity index (χ4n) is 2.84. The number of nitrogens with zero attached hydrogens (tertiary/aromatic N) is 1. The van der Waals surface area contributed by atoms with E-state index in [2.05, 4.69) is 29.4 Å². The molecule has 0 aliphatic carbocycles. The lowest BCUT2D eigenvalue weighted by Crippen LogP contribution is -2.34. The minimum absolute atomic E-state index is 0.124. The minimum atomic E-state index is -0.124. The summed E-state index contributed by atoms with van der Waals surface area (Å²) < 4.78 is 5.13. The smallest absolute Gasteiger partial charge is 0.305 e. The van der Waals surface area contributed by atoms with Gasteiger partial charge >= 0.3 is 5.97 Å². The van der Waals surface area contributed by atoms with Crippen LogP contribution in [0.2, 0.25) is 0 Å². The number of hydrogen-bond acceptors (Lipinski definition) is 3. The molecule has 0 aromatic carbocycles. The molecule has 0 unspecified atom stereocenters. The molecule has 0 amide bonds. The first kappa shape index (κ1) is 25.5. The predicted octanol–water partition coefficient (Wildman–Crippen LogP) is 5.10. The highest BCUT2D eigenvalue weighted by Gasteiger charge is 2.02. The zero-order valence-electron chi connectivity index (χ0n) is 17.8. The van der Waals surface area contributed by atoms with Gasteiger partial charge < -0.3 is 15.8 Å². The van der Waals surface area contributed by atoms with Crippen molar-refractivity contribution in [2.24, 2.45) is 10.7 Å². The summed E-state index contributed by atoms with van der Waals surface area (Å²) in [5, 5.41) is 2.85. The van der Waals surface area contributed by atoms with Crippen LogP contribution >= 0.6 is 0 Å². The Bertz CT molecular complexity index is 395. The van der Waals surface area contributed by atoms with Crippen LogP contribution in [0.3, 0.4) is 0 Å². The minimum Gasteiger partial charge on any atom is -0.464 e. The molecule has 0 fully saturated rings. The molecular weight excluding hydrogens is 338 g/mol. The van der Waals surface area contributed by atoms with E-state index < -0.39 is 0 Å². The molecule has 0 aromatic rings. The van der Waals surface area contributed by atoms with E-state index in [1.54, 1.807) is 7.05 Å². The third-order valence-corrected chi connectivity index (χ3v) is 4.55. The molecule has 3 N–H and O–H groups in total. The second kappa shape index (κ2) is 20.8. The van der Waals surface area contributed by atoms with Crippen molar-refractivity contribution in [3.05, 3.63) is 12.2 Å². The molecule has 0 spiro atoms. The summed E-state index contributed by atoms with van der Waals surface area (Å²) in [6.07, 6.45) is 21.6. The van der Waals surface area contributed by atoms with Crippen molar-refractivity contribution in [1.29, 1.82) is 0 Å². The molecule has 0 saturated heterocycles. The third kappa shape index (κ3) is 20.6. The van der Waals surface area contributed by atoms with Gasteiger partial charge in [0.2, 0.25) is 0 Å². The van der Waals surface area contributed by atoms with Gasteiger partial charge in [0.1, 0.15) is 6.61 Å². The second-order valence-corrected chi connectivity index (χ2v) is 7.09. The maximum absolute atomic E-state index is 11.6. The van der Waals surface area contributed by atoms with E-state index in [0.29, 0.717) is 25.5 Å². The summed E-state index contributed by atoms with van der Waals surface area (Å²) in [4.78, 5) is 15.3. The summed E-state index contributed by atoms with van der Waals surface area (Å²) in [5.74, 6) is 0.240. The van der Waals surface area contributed by atoms with Crippen LogP contribution in [0.4, 0.5) is 0 Å². The number of allylic oxidation sites excluding steroid dienone is 2. The van der Waals surface area contributed by atoms with Crippen LogP contribution in [0.5, 0.6) is 0 Å². The van der Waals surface area contributed by atoms with Gasteiger partial charge in [-0.25, -0.2) is 0 Å². The first-order valence-corrected chi connectivity index (χ1v) is 11.0. The number of esters is 1. The third-order valence-electron chi connectivity index (χ3n) is 4.55. The molecule has 0 heterocycles. The molecule has 0 aliphatic rings. The molecule has 0 bridgehead atoms. The summed E-state index contributed by atoms with van der Waals surface area (Å²) >= 11 is 0. The molecule has 0 radical (unpaired) electrons. The Morgan fingerprint density at radius 2 is 1.48 bits per heavy atom. The topological polar surface area (TPSA) is 76.7 Å². The van der Waals surface area contributed by atoms with Crippen LogP contribution in [0.25, 0.3) is 0 Å². The van der Waals surface area contributed by atoms with Crippen molar-refractivity contribution in [2.45, 2.75) is 96.8 Å². The van der Waals surface area contributed by atoms with Gasteiger partial charge in [-0.05, 0) is 32.1 Å². The van der Waals surface area contributed by atoms with Gasteiger partial charge in [-0.2, -0.15) is 0 Å². The van der Waals surface area contributed by atoms with Crippen molar-refractivity contribution in [3.8, 4) is 0 Å². The van der Waals surface area contributed by atoms with Gasteiger partial charge in [-0.15, -0.1) is 0 Å². The highest BCUT2D eigenvalue weighted by molar-refractivity contribution is 5.77. The number of rotatable bonds is 18. The molecule has 27 heavy (non-hydrogen) atoms. The normalized spacial score (nSPS) is 11.9. The quantitative estimate of drug-likeness (QED) is 0.114. The lowest BCUT2D eigenvalue weighted by molar-refractivity contribution is -0.143. The number of nitrogens with one attached hydrogen (secondary N) is 1. The Hall–Kier alpha value is -1.52. The van der Waals surface area contributed by atoms with Crippen LogP contribution in [0, 0.1) is 0 Å². The lowest BCUT2D eigenvalue weighted by atomic mass is 10.1. The number of ether oxygens (including phenoxy) is 1. The first-order chi connectivity index (χ1) is 13.2. The maximum Gasteiger partial charge on any atom is 0.305 e. The number of carbonyl (C=O) groups excluding carboxylic acids is 1. The molecule has 0 saturated carbocycles. The second-order valence-electron chi connectivity index (χ2n) is 7.09. The van der Waals surface area contributed by atoms with Crippen molar-refractivity contribution in [3.63, 3.8) is 0 Å². The lowest BCUT2D eigenvalue weighted by Gasteiger charge is -2.06. The molecule has 0 atom stereocenters. The number of carbonyl (C=O) groups is 1. The van der Waals surface area contributed by atoms with Gasteiger partial charge in [0.05, 0.1) is 6.54 Å². The molecule has 158 valence electrons.